The molecule has 2 aromatic heterocycles. The van der Waals surface area contributed by atoms with Crippen LogP contribution in [0.3, 0.4) is 0 Å². The highest BCUT2D eigenvalue weighted by Crippen LogP contribution is 2.30. The summed E-state index contributed by atoms with van der Waals surface area (Å²) in [6.45, 7) is 8.10. The van der Waals surface area contributed by atoms with Crippen LogP contribution in [0.25, 0.3) is 16.9 Å². The smallest absolute Gasteiger partial charge is 0.211 e. The summed E-state index contributed by atoms with van der Waals surface area (Å²) in [6.07, 6.45) is 0.268. The number of nitrogens with zero attached hydrogens (tertiary/aromatic N) is 4. The molecule has 0 spiro atoms. The van der Waals surface area contributed by atoms with Crippen LogP contribution in [0.5, 0.6) is 0 Å². The van der Waals surface area contributed by atoms with Gasteiger partial charge in [-0.15, -0.1) is 0 Å². The van der Waals surface area contributed by atoms with Gasteiger partial charge in [-0.3, -0.25) is 4.57 Å². The molecule has 6 nitrogen and oxygen atoms in total. The van der Waals surface area contributed by atoms with E-state index in [0.717, 1.165) is 6.20 Å². The summed E-state index contributed by atoms with van der Waals surface area (Å²) in [5.74, 6) is 0.299. The fourth-order valence-electron chi connectivity index (χ4n) is 2.70. The topological polar surface area (TPSA) is 86.8 Å². The summed E-state index contributed by atoms with van der Waals surface area (Å²) in [6, 6.07) is 10.0. The molecule has 0 bridgehead atoms. The van der Waals surface area contributed by atoms with Crippen molar-refractivity contribution in [1.29, 1.82) is 5.26 Å². The van der Waals surface area contributed by atoms with Crippen molar-refractivity contribution in [2.75, 3.05) is 5.32 Å². The predicted molar refractivity (Wildman–Crippen MR) is 102 cm³/mol. The number of aliphatic hydroxyl groups is 1. The molecule has 27 heavy (non-hydrogen) atoms. The Kier molecular flexibility index (Phi) is 4.85. The van der Waals surface area contributed by atoms with E-state index in [0.29, 0.717) is 28.4 Å². The fraction of sp³-hybridized carbons (Fsp3) is 0.350. The van der Waals surface area contributed by atoms with E-state index >= 15 is 0 Å². The van der Waals surface area contributed by atoms with Crippen LogP contribution in [-0.2, 0) is 0 Å². The molecule has 3 aromatic rings. The molecule has 0 radical (unpaired) electrons. The number of benzene rings is 1. The van der Waals surface area contributed by atoms with Crippen molar-refractivity contribution in [3.8, 4) is 11.9 Å². The van der Waals surface area contributed by atoms with Crippen LogP contribution in [0.15, 0.2) is 36.5 Å². The molecule has 2 heterocycles. The maximum Gasteiger partial charge on any atom is 0.211 e. The molecule has 0 aliphatic rings. The Balaban J connectivity index is 2.13. The van der Waals surface area contributed by atoms with Gasteiger partial charge >= 0.3 is 0 Å². The third-order valence-corrected chi connectivity index (χ3v) is 4.84. The average molecular weight is 367 g/mol. The highest BCUT2D eigenvalue weighted by molar-refractivity contribution is 5.82. The van der Waals surface area contributed by atoms with E-state index in [4.69, 9.17) is 0 Å². The molecule has 0 aliphatic carbocycles. The number of nitrogens with one attached hydrogen (secondary N) is 1. The van der Waals surface area contributed by atoms with Crippen molar-refractivity contribution >= 4 is 17.0 Å². The zero-order chi connectivity index (χ0) is 19.8. The number of imidazole rings is 1. The van der Waals surface area contributed by atoms with Gasteiger partial charge in [-0.1, -0.05) is 27.7 Å². The van der Waals surface area contributed by atoms with Crippen LogP contribution in [0, 0.1) is 28.5 Å². The van der Waals surface area contributed by atoms with Crippen molar-refractivity contribution in [1.82, 2.24) is 14.5 Å². The fourth-order valence-corrected chi connectivity index (χ4v) is 2.70. The molecular weight excluding hydrogens is 345 g/mol. The number of aliphatic hydroxyl groups excluding tert-OH is 1. The predicted octanol–water partition coefficient (Wildman–Crippen LogP) is 3.84. The van der Waals surface area contributed by atoms with Gasteiger partial charge in [0, 0.05) is 5.92 Å². The Bertz CT molecular complexity index is 998. The SMILES string of the molecule is C[C@H](C(O)Nc1nc2ccc(C#N)cc2n1-c1ccc(F)cn1)C(C)(C)C. The molecule has 2 N–H and O–H groups in total. The van der Waals surface area contributed by atoms with Crippen LogP contribution in [0.1, 0.15) is 33.3 Å². The van der Waals surface area contributed by atoms with Crippen molar-refractivity contribution in [2.45, 2.75) is 33.9 Å². The van der Waals surface area contributed by atoms with Gasteiger partial charge < -0.3 is 10.4 Å². The molecule has 0 saturated heterocycles. The Morgan fingerprint density at radius 3 is 2.59 bits per heavy atom. The first-order valence-electron chi connectivity index (χ1n) is 8.70. The molecule has 1 unspecified atom stereocenters. The van der Waals surface area contributed by atoms with Crippen LogP contribution < -0.4 is 5.32 Å². The minimum absolute atomic E-state index is 0.0680. The molecule has 1 aromatic carbocycles. The number of halogens is 1. The van der Waals surface area contributed by atoms with Gasteiger partial charge in [0.1, 0.15) is 17.9 Å². The summed E-state index contributed by atoms with van der Waals surface area (Å²) in [5, 5.41) is 22.9. The lowest BCUT2D eigenvalue weighted by atomic mass is 9.81. The summed E-state index contributed by atoms with van der Waals surface area (Å²) < 4.78 is 15.0. The van der Waals surface area contributed by atoms with E-state index in [1.807, 2.05) is 27.7 Å². The van der Waals surface area contributed by atoms with Crippen molar-refractivity contribution in [2.24, 2.45) is 11.3 Å². The third kappa shape index (κ3) is 3.76. The normalized spacial score (nSPS) is 14.0. The third-order valence-electron chi connectivity index (χ3n) is 4.84. The van der Waals surface area contributed by atoms with E-state index in [9.17, 15) is 14.8 Å². The first-order valence-corrected chi connectivity index (χ1v) is 8.70. The Morgan fingerprint density at radius 2 is 2.00 bits per heavy atom. The van der Waals surface area contributed by atoms with Crippen molar-refractivity contribution in [3.63, 3.8) is 0 Å². The van der Waals surface area contributed by atoms with Crippen LogP contribution in [0.4, 0.5) is 10.3 Å². The van der Waals surface area contributed by atoms with Gasteiger partial charge in [0.2, 0.25) is 5.95 Å². The van der Waals surface area contributed by atoms with E-state index in [-0.39, 0.29) is 11.3 Å². The van der Waals surface area contributed by atoms with Gasteiger partial charge in [0.15, 0.2) is 0 Å². The number of hydrogen-bond acceptors (Lipinski definition) is 5. The number of fused-ring (bicyclic) bond motifs is 1. The maximum absolute atomic E-state index is 13.3. The number of hydrogen-bond donors (Lipinski definition) is 2. The second-order valence-electron chi connectivity index (χ2n) is 7.66. The highest BCUT2D eigenvalue weighted by atomic mass is 19.1. The number of pyridine rings is 1. The maximum atomic E-state index is 13.3. The lowest BCUT2D eigenvalue weighted by Crippen LogP contribution is -2.36. The molecule has 0 fully saturated rings. The van der Waals surface area contributed by atoms with Gasteiger partial charge in [-0.2, -0.15) is 5.26 Å². The van der Waals surface area contributed by atoms with Gasteiger partial charge in [-0.25, -0.2) is 14.4 Å². The molecule has 140 valence electrons. The minimum atomic E-state index is -0.851. The van der Waals surface area contributed by atoms with Crippen molar-refractivity contribution in [3.05, 3.63) is 47.9 Å². The zero-order valence-electron chi connectivity index (χ0n) is 15.7. The highest BCUT2D eigenvalue weighted by Gasteiger charge is 2.28. The van der Waals surface area contributed by atoms with Crippen molar-refractivity contribution < 1.29 is 9.50 Å². The summed E-state index contributed by atoms with van der Waals surface area (Å²) in [4.78, 5) is 8.67. The first-order chi connectivity index (χ1) is 12.7. The van der Waals surface area contributed by atoms with Gasteiger partial charge in [0.25, 0.3) is 0 Å². The standard InChI is InChI=1S/C20H22FN5O/c1-12(20(2,3)4)18(27)25-19-24-15-7-5-13(10-22)9-16(15)26(19)17-8-6-14(21)11-23-17/h5-9,11-12,18,27H,1-4H3,(H,24,25)/t12-,18?/m1/s1. The van der Waals surface area contributed by atoms with Crippen LogP contribution >= 0.6 is 0 Å². The lowest BCUT2D eigenvalue weighted by molar-refractivity contribution is 0.0745. The second-order valence-corrected chi connectivity index (χ2v) is 7.66. The van der Waals surface area contributed by atoms with Gasteiger partial charge in [0.05, 0.1) is 28.9 Å². The Labute approximate surface area is 157 Å². The molecule has 2 atom stereocenters. The molecule has 7 heteroatoms. The zero-order valence-corrected chi connectivity index (χ0v) is 15.7. The largest absolute Gasteiger partial charge is 0.373 e. The molecule has 0 aliphatic heterocycles. The summed E-state index contributed by atoms with van der Waals surface area (Å²) in [5.41, 5.74) is 1.64. The average Bonchev–Trinajstić information content (AvgIpc) is 2.97. The molecule has 0 saturated carbocycles. The monoisotopic (exact) mass is 367 g/mol. The quantitative estimate of drug-likeness (QED) is 0.684. The number of rotatable bonds is 4. The molecule has 0 amide bonds. The first kappa shape index (κ1) is 18.8. The summed E-state index contributed by atoms with van der Waals surface area (Å²) in [7, 11) is 0. The molecule has 3 rings (SSSR count). The van der Waals surface area contributed by atoms with E-state index in [1.165, 1.54) is 12.1 Å². The van der Waals surface area contributed by atoms with E-state index in [1.54, 1.807) is 22.8 Å². The number of aromatic nitrogens is 3. The Morgan fingerprint density at radius 1 is 1.26 bits per heavy atom. The van der Waals surface area contributed by atoms with Crippen LogP contribution in [-0.4, -0.2) is 25.9 Å². The van der Waals surface area contributed by atoms with Crippen LogP contribution in [0.2, 0.25) is 0 Å². The number of anilines is 1. The second kappa shape index (κ2) is 6.97. The van der Waals surface area contributed by atoms with E-state index < -0.39 is 12.0 Å². The van der Waals surface area contributed by atoms with Gasteiger partial charge in [-0.05, 0) is 35.7 Å². The minimum Gasteiger partial charge on any atom is -0.373 e. The summed E-state index contributed by atoms with van der Waals surface area (Å²) >= 11 is 0. The molecular formula is C20H22FN5O. The Hall–Kier alpha value is -2.98. The number of nitriles is 1. The van der Waals surface area contributed by atoms with E-state index in [2.05, 4.69) is 21.4 Å². The lowest BCUT2D eigenvalue weighted by Gasteiger charge is -2.31.